The van der Waals surface area contributed by atoms with Crippen LogP contribution in [0.15, 0.2) is 40.9 Å². The van der Waals surface area contributed by atoms with Crippen LogP contribution in [0.4, 0.5) is 0 Å². The van der Waals surface area contributed by atoms with E-state index in [9.17, 15) is 9.90 Å². The van der Waals surface area contributed by atoms with E-state index in [4.69, 9.17) is 4.52 Å². The number of rotatable bonds is 4. The predicted octanol–water partition coefficient (Wildman–Crippen LogP) is 2.35. The predicted molar refractivity (Wildman–Crippen MR) is 61.6 cm³/mol. The Labute approximate surface area is 98.9 Å². The molecule has 0 bridgehead atoms. The largest absolute Gasteiger partial charge is 0.385 e. The summed E-state index contributed by atoms with van der Waals surface area (Å²) in [6.07, 6.45) is -0.187. The third-order valence-corrected chi connectivity index (χ3v) is 2.51. The lowest BCUT2D eigenvalue weighted by Gasteiger charge is -1.99. The first-order valence-electron chi connectivity index (χ1n) is 5.46. The Morgan fingerprint density at radius 2 is 2.12 bits per heavy atom. The van der Waals surface area contributed by atoms with Gasteiger partial charge in [-0.25, -0.2) is 0 Å². The van der Waals surface area contributed by atoms with E-state index >= 15 is 0 Å². The van der Waals surface area contributed by atoms with E-state index in [0.717, 1.165) is 0 Å². The Bertz CT molecular complexity index is 504. The standard InChI is InChI=1S/C13H13NO3/c1-2-11(15)12-8-10(14-17-12)13(16)9-6-4-3-5-7-9/h3-8,11,15H,2H2,1H3. The van der Waals surface area contributed by atoms with Crippen molar-refractivity contribution in [3.05, 3.63) is 53.4 Å². The molecule has 4 nitrogen and oxygen atoms in total. The lowest BCUT2D eigenvalue weighted by atomic mass is 10.1. The molecule has 0 amide bonds. The van der Waals surface area contributed by atoms with Gasteiger partial charge in [-0.3, -0.25) is 4.79 Å². The summed E-state index contributed by atoms with van der Waals surface area (Å²) in [6.45, 7) is 1.83. The fraction of sp³-hybridized carbons (Fsp3) is 0.231. The quantitative estimate of drug-likeness (QED) is 0.820. The molecule has 1 aromatic carbocycles. The van der Waals surface area contributed by atoms with Crippen LogP contribution in [0.1, 0.15) is 41.3 Å². The number of benzene rings is 1. The SMILES string of the molecule is CCC(O)c1cc(C(=O)c2ccccc2)no1. The molecule has 2 aromatic rings. The second-order valence-electron chi connectivity index (χ2n) is 3.73. The van der Waals surface area contributed by atoms with Gasteiger partial charge in [0.15, 0.2) is 11.5 Å². The Kier molecular flexibility index (Phi) is 3.35. The topological polar surface area (TPSA) is 63.3 Å². The van der Waals surface area contributed by atoms with Crippen LogP contribution in [-0.2, 0) is 0 Å². The zero-order valence-corrected chi connectivity index (χ0v) is 9.46. The summed E-state index contributed by atoms with van der Waals surface area (Å²) in [5.74, 6) is 0.121. The van der Waals surface area contributed by atoms with Crippen molar-refractivity contribution < 1.29 is 14.4 Å². The smallest absolute Gasteiger partial charge is 0.214 e. The Morgan fingerprint density at radius 1 is 1.41 bits per heavy atom. The van der Waals surface area contributed by atoms with Crippen molar-refractivity contribution in [2.24, 2.45) is 0 Å². The molecule has 0 fully saturated rings. The van der Waals surface area contributed by atoms with Gasteiger partial charge in [-0.05, 0) is 6.42 Å². The highest BCUT2D eigenvalue weighted by Gasteiger charge is 2.17. The molecule has 1 unspecified atom stereocenters. The minimum Gasteiger partial charge on any atom is -0.385 e. The molecule has 1 atom stereocenters. The molecule has 1 aromatic heterocycles. The maximum atomic E-state index is 12.0. The molecule has 2 rings (SSSR count). The van der Waals surface area contributed by atoms with Gasteiger partial charge in [0, 0.05) is 11.6 Å². The summed E-state index contributed by atoms with van der Waals surface area (Å²) in [6, 6.07) is 10.3. The summed E-state index contributed by atoms with van der Waals surface area (Å²) in [5, 5.41) is 13.2. The van der Waals surface area contributed by atoms with E-state index < -0.39 is 6.10 Å². The molecule has 0 saturated carbocycles. The average molecular weight is 231 g/mol. The lowest BCUT2D eigenvalue weighted by molar-refractivity contribution is 0.102. The highest BCUT2D eigenvalue weighted by molar-refractivity contribution is 6.07. The van der Waals surface area contributed by atoms with Gasteiger partial charge in [0.1, 0.15) is 6.10 Å². The molecular weight excluding hydrogens is 218 g/mol. The van der Waals surface area contributed by atoms with E-state index in [1.807, 2.05) is 13.0 Å². The van der Waals surface area contributed by atoms with Crippen molar-refractivity contribution in [2.45, 2.75) is 19.4 Å². The molecular formula is C13H13NO3. The molecule has 0 saturated heterocycles. The number of aliphatic hydroxyl groups is 1. The maximum Gasteiger partial charge on any atom is 0.214 e. The van der Waals surface area contributed by atoms with Crippen LogP contribution in [0, 0.1) is 0 Å². The minimum atomic E-state index is -0.708. The Morgan fingerprint density at radius 3 is 2.76 bits per heavy atom. The van der Waals surface area contributed by atoms with E-state index in [0.29, 0.717) is 17.7 Å². The fourth-order valence-corrected chi connectivity index (χ4v) is 1.49. The van der Waals surface area contributed by atoms with Crippen LogP contribution in [0.25, 0.3) is 0 Å². The van der Waals surface area contributed by atoms with Crippen LogP contribution in [0.3, 0.4) is 0 Å². The molecule has 88 valence electrons. The monoisotopic (exact) mass is 231 g/mol. The van der Waals surface area contributed by atoms with Crippen molar-refractivity contribution in [2.75, 3.05) is 0 Å². The molecule has 4 heteroatoms. The zero-order valence-electron chi connectivity index (χ0n) is 9.46. The van der Waals surface area contributed by atoms with Crippen LogP contribution in [-0.4, -0.2) is 16.0 Å². The average Bonchev–Trinajstić information content (AvgIpc) is 2.87. The molecule has 0 radical (unpaired) electrons. The van der Waals surface area contributed by atoms with Gasteiger partial charge in [-0.1, -0.05) is 42.4 Å². The number of hydrogen-bond donors (Lipinski definition) is 1. The first-order valence-corrected chi connectivity index (χ1v) is 5.46. The molecule has 0 spiro atoms. The van der Waals surface area contributed by atoms with Gasteiger partial charge in [0.2, 0.25) is 5.78 Å². The number of aromatic nitrogens is 1. The van der Waals surface area contributed by atoms with Crippen molar-refractivity contribution in [3.63, 3.8) is 0 Å². The number of carbonyl (C=O) groups is 1. The first kappa shape index (κ1) is 11.5. The molecule has 0 aliphatic carbocycles. The summed E-state index contributed by atoms with van der Waals surface area (Å²) >= 11 is 0. The fourth-order valence-electron chi connectivity index (χ4n) is 1.49. The van der Waals surface area contributed by atoms with Crippen molar-refractivity contribution in [1.82, 2.24) is 5.16 Å². The van der Waals surface area contributed by atoms with Crippen molar-refractivity contribution in [1.29, 1.82) is 0 Å². The Hall–Kier alpha value is -1.94. The van der Waals surface area contributed by atoms with Crippen molar-refractivity contribution in [3.8, 4) is 0 Å². The van der Waals surface area contributed by atoms with E-state index in [1.165, 1.54) is 6.07 Å². The van der Waals surface area contributed by atoms with Gasteiger partial charge in [0.05, 0.1) is 0 Å². The highest BCUT2D eigenvalue weighted by Crippen LogP contribution is 2.18. The minimum absolute atomic E-state index is 0.205. The molecule has 17 heavy (non-hydrogen) atoms. The summed E-state index contributed by atoms with van der Waals surface area (Å²) in [7, 11) is 0. The number of ketones is 1. The van der Waals surface area contributed by atoms with E-state index in [2.05, 4.69) is 5.16 Å². The molecule has 0 aliphatic rings. The van der Waals surface area contributed by atoms with Gasteiger partial charge in [0.25, 0.3) is 0 Å². The zero-order chi connectivity index (χ0) is 12.3. The summed E-state index contributed by atoms with van der Waals surface area (Å²) in [5.41, 5.74) is 0.775. The van der Waals surface area contributed by atoms with E-state index in [1.54, 1.807) is 24.3 Å². The number of aliphatic hydroxyl groups excluding tert-OH is 1. The molecule has 0 aliphatic heterocycles. The molecule has 1 N–H and O–H groups in total. The lowest BCUT2D eigenvalue weighted by Crippen LogP contribution is -2.00. The highest BCUT2D eigenvalue weighted by atomic mass is 16.5. The second kappa shape index (κ2) is 4.93. The van der Waals surface area contributed by atoms with Crippen LogP contribution < -0.4 is 0 Å². The van der Waals surface area contributed by atoms with Gasteiger partial charge in [-0.2, -0.15) is 0 Å². The van der Waals surface area contributed by atoms with E-state index in [-0.39, 0.29) is 11.5 Å². The van der Waals surface area contributed by atoms with Crippen molar-refractivity contribution >= 4 is 5.78 Å². The number of nitrogens with zero attached hydrogens (tertiary/aromatic N) is 1. The van der Waals surface area contributed by atoms with Gasteiger partial charge >= 0.3 is 0 Å². The Balaban J connectivity index is 2.24. The van der Waals surface area contributed by atoms with Crippen LogP contribution in [0.5, 0.6) is 0 Å². The first-order chi connectivity index (χ1) is 8.22. The number of hydrogen-bond acceptors (Lipinski definition) is 4. The summed E-state index contributed by atoms with van der Waals surface area (Å²) < 4.78 is 4.94. The van der Waals surface area contributed by atoms with Gasteiger partial charge in [-0.15, -0.1) is 0 Å². The normalized spacial score (nSPS) is 12.4. The maximum absolute atomic E-state index is 12.0. The van der Waals surface area contributed by atoms with Crippen LogP contribution in [0.2, 0.25) is 0 Å². The third kappa shape index (κ3) is 2.42. The van der Waals surface area contributed by atoms with Gasteiger partial charge < -0.3 is 9.63 Å². The summed E-state index contributed by atoms with van der Waals surface area (Å²) in [4.78, 5) is 12.0. The number of carbonyl (C=O) groups excluding carboxylic acids is 1. The third-order valence-electron chi connectivity index (χ3n) is 2.51. The molecule has 1 heterocycles. The second-order valence-corrected chi connectivity index (χ2v) is 3.73. The van der Waals surface area contributed by atoms with Crippen LogP contribution >= 0.6 is 0 Å².